The largest absolute Gasteiger partial charge is 0.320 e. The number of ketones is 1. The third-order valence-corrected chi connectivity index (χ3v) is 3.98. The summed E-state index contributed by atoms with van der Waals surface area (Å²) in [5, 5.41) is 3.15. The summed E-state index contributed by atoms with van der Waals surface area (Å²) in [5.41, 5.74) is 3.89. The summed E-state index contributed by atoms with van der Waals surface area (Å²) in [7, 11) is 1.92. The van der Waals surface area contributed by atoms with Gasteiger partial charge in [0, 0.05) is 18.5 Å². The average molecular weight is 307 g/mol. The molecule has 0 aliphatic heterocycles. The number of aromatic nitrogens is 2. The third-order valence-electron chi connectivity index (χ3n) is 3.98. The first-order valence-electron chi connectivity index (χ1n) is 7.87. The molecule has 3 aromatic rings. The van der Waals surface area contributed by atoms with E-state index < -0.39 is 0 Å². The molecule has 0 radical (unpaired) electrons. The summed E-state index contributed by atoms with van der Waals surface area (Å²) in [5.74, 6) is 1.06. The second-order valence-electron chi connectivity index (χ2n) is 5.75. The van der Waals surface area contributed by atoms with Crippen LogP contribution in [0, 0.1) is 6.92 Å². The molecule has 0 fully saturated rings. The minimum absolute atomic E-state index is 0.108. The molecule has 0 aliphatic carbocycles. The summed E-state index contributed by atoms with van der Waals surface area (Å²) in [6, 6.07) is 15.6. The van der Waals surface area contributed by atoms with Crippen molar-refractivity contribution in [3.63, 3.8) is 0 Å². The van der Waals surface area contributed by atoms with Crippen molar-refractivity contribution < 1.29 is 4.79 Å². The van der Waals surface area contributed by atoms with Crippen molar-refractivity contribution in [2.45, 2.75) is 19.9 Å². The van der Waals surface area contributed by atoms with E-state index in [1.165, 1.54) is 5.56 Å². The van der Waals surface area contributed by atoms with Gasteiger partial charge in [0.05, 0.1) is 17.6 Å². The fourth-order valence-electron chi connectivity index (χ4n) is 2.75. The van der Waals surface area contributed by atoms with Crippen molar-refractivity contribution in [3.8, 4) is 0 Å². The van der Waals surface area contributed by atoms with Crippen molar-refractivity contribution in [2.75, 3.05) is 13.6 Å². The molecule has 0 saturated heterocycles. The van der Waals surface area contributed by atoms with Crippen molar-refractivity contribution >= 4 is 16.8 Å². The highest BCUT2D eigenvalue weighted by atomic mass is 16.1. The molecule has 0 unspecified atom stereocenters. The third kappa shape index (κ3) is 3.32. The first-order chi connectivity index (χ1) is 11.2. The van der Waals surface area contributed by atoms with Crippen LogP contribution in [0.2, 0.25) is 0 Å². The molecule has 1 N–H and O–H groups in total. The lowest BCUT2D eigenvalue weighted by molar-refractivity contribution is 0.0972. The van der Waals surface area contributed by atoms with Gasteiger partial charge in [-0.05, 0) is 31.7 Å². The van der Waals surface area contributed by atoms with Crippen LogP contribution in [0.3, 0.4) is 0 Å². The molecule has 0 bridgehead atoms. The predicted octanol–water partition coefficient (Wildman–Crippen LogP) is 2.99. The minimum atomic E-state index is 0.108. The van der Waals surface area contributed by atoms with Gasteiger partial charge in [0.2, 0.25) is 0 Å². The quantitative estimate of drug-likeness (QED) is 0.712. The second kappa shape index (κ2) is 6.75. The summed E-state index contributed by atoms with van der Waals surface area (Å²) in [6.07, 6.45) is 0.798. The molecule has 0 saturated carbocycles. The van der Waals surface area contributed by atoms with Crippen LogP contribution in [-0.4, -0.2) is 28.9 Å². The number of imidazole rings is 1. The Morgan fingerprint density at radius 3 is 2.70 bits per heavy atom. The zero-order chi connectivity index (χ0) is 16.2. The van der Waals surface area contributed by atoms with Crippen LogP contribution in [0.15, 0.2) is 48.5 Å². The van der Waals surface area contributed by atoms with E-state index >= 15 is 0 Å². The van der Waals surface area contributed by atoms with Crippen molar-refractivity contribution in [1.29, 1.82) is 0 Å². The maximum atomic E-state index is 12.6. The minimum Gasteiger partial charge on any atom is -0.320 e. The summed E-state index contributed by atoms with van der Waals surface area (Å²) >= 11 is 0. The highest BCUT2D eigenvalue weighted by Gasteiger charge is 2.14. The van der Waals surface area contributed by atoms with Crippen LogP contribution in [0.4, 0.5) is 0 Å². The number of fused-ring (bicyclic) bond motifs is 1. The Morgan fingerprint density at radius 2 is 1.96 bits per heavy atom. The van der Waals surface area contributed by atoms with E-state index in [1.807, 2.05) is 41.9 Å². The molecule has 2 aromatic carbocycles. The van der Waals surface area contributed by atoms with E-state index in [0.717, 1.165) is 35.4 Å². The van der Waals surface area contributed by atoms with Crippen molar-refractivity contribution in [3.05, 3.63) is 65.5 Å². The molecule has 1 aromatic heterocycles. The van der Waals surface area contributed by atoms with Crippen LogP contribution in [-0.2, 0) is 13.0 Å². The molecular weight excluding hydrogens is 286 g/mol. The lowest BCUT2D eigenvalue weighted by Gasteiger charge is -2.09. The number of likely N-dealkylation sites (N-methyl/N-ethyl adjacent to an activating group) is 1. The molecule has 0 aliphatic rings. The number of hydrogen-bond acceptors (Lipinski definition) is 3. The van der Waals surface area contributed by atoms with Gasteiger partial charge in [-0.3, -0.25) is 4.79 Å². The number of aryl methyl sites for hydroxylation is 1. The molecule has 4 heteroatoms. The fraction of sp³-hybridized carbons (Fsp3) is 0.263. The van der Waals surface area contributed by atoms with Gasteiger partial charge in [-0.2, -0.15) is 0 Å². The SMILES string of the molecule is CNCCc1nc2cc(C)ccc2n1CC(=O)c1ccccc1. The lowest BCUT2D eigenvalue weighted by Crippen LogP contribution is -2.17. The average Bonchev–Trinajstić information content (AvgIpc) is 2.90. The van der Waals surface area contributed by atoms with Gasteiger partial charge in [0.15, 0.2) is 5.78 Å². The molecule has 1 heterocycles. The number of nitrogens with one attached hydrogen (secondary N) is 1. The van der Waals surface area contributed by atoms with E-state index in [9.17, 15) is 4.79 Å². The number of hydrogen-bond donors (Lipinski definition) is 1. The Bertz CT molecular complexity index is 821. The van der Waals surface area contributed by atoms with E-state index in [0.29, 0.717) is 6.54 Å². The monoisotopic (exact) mass is 307 g/mol. The van der Waals surface area contributed by atoms with Crippen LogP contribution >= 0.6 is 0 Å². The summed E-state index contributed by atoms with van der Waals surface area (Å²) in [4.78, 5) is 17.3. The zero-order valence-corrected chi connectivity index (χ0v) is 13.5. The highest BCUT2D eigenvalue weighted by molar-refractivity contribution is 5.96. The van der Waals surface area contributed by atoms with Gasteiger partial charge in [-0.1, -0.05) is 36.4 Å². The van der Waals surface area contributed by atoms with E-state index in [-0.39, 0.29) is 5.78 Å². The van der Waals surface area contributed by atoms with Crippen LogP contribution in [0.1, 0.15) is 21.7 Å². The van der Waals surface area contributed by atoms with Gasteiger partial charge in [0.25, 0.3) is 0 Å². The number of rotatable bonds is 6. The number of carbonyl (C=O) groups is 1. The molecule has 0 spiro atoms. The van der Waals surface area contributed by atoms with Crippen molar-refractivity contribution in [1.82, 2.24) is 14.9 Å². The Morgan fingerprint density at radius 1 is 1.17 bits per heavy atom. The Labute approximate surface area is 136 Å². The van der Waals surface area contributed by atoms with Gasteiger partial charge < -0.3 is 9.88 Å². The number of Topliss-reactive ketones (excluding diaryl/α,β-unsaturated/α-hetero) is 1. The smallest absolute Gasteiger partial charge is 0.182 e. The lowest BCUT2D eigenvalue weighted by atomic mass is 10.1. The first kappa shape index (κ1) is 15.4. The van der Waals surface area contributed by atoms with Crippen LogP contribution in [0.25, 0.3) is 11.0 Å². The fourth-order valence-corrected chi connectivity index (χ4v) is 2.75. The molecule has 23 heavy (non-hydrogen) atoms. The Kier molecular flexibility index (Phi) is 4.53. The molecular formula is C19H21N3O. The summed E-state index contributed by atoms with van der Waals surface area (Å²) < 4.78 is 2.04. The van der Waals surface area contributed by atoms with Gasteiger partial charge in [0.1, 0.15) is 5.82 Å². The van der Waals surface area contributed by atoms with Crippen LogP contribution in [0.5, 0.6) is 0 Å². The van der Waals surface area contributed by atoms with Gasteiger partial charge >= 0.3 is 0 Å². The Hall–Kier alpha value is -2.46. The standard InChI is InChI=1S/C19H21N3O/c1-14-8-9-17-16(12-14)21-19(10-11-20-2)22(17)13-18(23)15-6-4-3-5-7-15/h3-9,12,20H,10-11,13H2,1-2H3. The number of nitrogens with zero attached hydrogens (tertiary/aromatic N) is 2. The number of carbonyl (C=O) groups excluding carboxylic acids is 1. The van der Waals surface area contributed by atoms with E-state index in [2.05, 4.69) is 30.4 Å². The second-order valence-corrected chi connectivity index (χ2v) is 5.75. The molecule has 0 amide bonds. The van der Waals surface area contributed by atoms with Crippen LogP contribution < -0.4 is 5.32 Å². The highest BCUT2D eigenvalue weighted by Crippen LogP contribution is 2.19. The molecule has 118 valence electrons. The number of benzene rings is 2. The topological polar surface area (TPSA) is 46.9 Å². The van der Waals surface area contributed by atoms with E-state index in [1.54, 1.807) is 0 Å². The molecule has 3 rings (SSSR count). The maximum Gasteiger partial charge on any atom is 0.182 e. The Balaban J connectivity index is 1.98. The van der Waals surface area contributed by atoms with Gasteiger partial charge in [-0.25, -0.2) is 4.98 Å². The maximum absolute atomic E-state index is 12.6. The summed E-state index contributed by atoms with van der Waals surface area (Å²) in [6.45, 7) is 3.21. The molecule has 0 atom stereocenters. The van der Waals surface area contributed by atoms with E-state index in [4.69, 9.17) is 4.98 Å². The first-order valence-corrected chi connectivity index (χ1v) is 7.87. The van der Waals surface area contributed by atoms with Gasteiger partial charge in [-0.15, -0.1) is 0 Å². The van der Waals surface area contributed by atoms with Crippen molar-refractivity contribution in [2.24, 2.45) is 0 Å². The zero-order valence-electron chi connectivity index (χ0n) is 13.5. The normalized spacial score (nSPS) is 11.0. The predicted molar refractivity (Wildman–Crippen MR) is 92.9 cm³/mol. The molecule has 4 nitrogen and oxygen atoms in total.